The Morgan fingerprint density at radius 2 is 1.54 bits per heavy atom. The van der Waals surface area contributed by atoms with Crippen molar-refractivity contribution in [1.82, 2.24) is 0 Å². The molecule has 1 heterocycles. The van der Waals surface area contributed by atoms with E-state index in [1.807, 2.05) is 0 Å². The topological polar surface area (TPSA) is 90.2 Å². The molecule has 2 unspecified atom stereocenters. The van der Waals surface area contributed by atoms with Crippen molar-refractivity contribution in [3.63, 3.8) is 0 Å². The normalized spacial score (nSPS) is 46.4. The van der Waals surface area contributed by atoms with Crippen LogP contribution in [0.25, 0.3) is 0 Å². The fourth-order valence-corrected chi connectivity index (χ4v) is 1.52. The Morgan fingerprint density at radius 3 is 2.00 bits per heavy atom. The lowest BCUT2D eigenvalue weighted by atomic mass is 9.94. The maximum absolute atomic E-state index is 9.40. The minimum Gasteiger partial charge on any atom is -0.394 e. The van der Waals surface area contributed by atoms with Crippen molar-refractivity contribution >= 4 is 0 Å². The maximum Gasteiger partial charge on any atom is 0.111 e. The van der Waals surface area contributed by atoms with Gasteiger partial charge in [-0.3, -0.25) is 0 Å². The molecule has 5 heteroatoms. The van der Waals surface area contributed by atoms with Crippen LogP contribution in [0.3, 0.4) is 0 Å². The van der Waals surface area contributed by atoms with E-state index in [1.54, 1.807) is 6.92 Å². The standard InChI is InChI=1S/C8H16O5/c1-2-4-6(10)8(12)7(11)5(3-9)13-4/h4-12H,2-3H2,1H3/t4-,5-,6?,7-,8?/m1/s1. The minimum absolute atomic E-state index is 0.360. The Labute approximate surface area is 76.6 Å². The molecule has 0 amide bonds. The summed E-state index contributed by atoms with van der Waals surface area (Å²) >= 11 is 0. The lowest BCUT2D eigenvalue weighted by Crippen LogP contribution is -2.58. The molecule has 1 aliphatic heterocycles. The van der Waals surface area contributed by atoms with Crippen LogP contribution in [0.1, 0.15) is 13.3 Å². The molecule has 1 rings (SSSR count). The summed E-state index contributed by atoms with van der Waals surface area (Å²) in [6.07, 6.45) is -4.33. The second-order valence-electron chi connectivity index (χ2n) is 3.28. The molecule has 0 aromatic carbocycles. The molecule has 0 radical (unpaired) electrons. The molecule has 0 bridgehead atoms. The highest BCUT2D eigenvalue weighted by atomic mass is 16.5. The minimum atomic E-state index is -1.24. The molecule has 1 aliphatic rings. The van der Waals surface area contributed by atoms with E-state index in [0.29, 0.717) is 6.42 Å². The van der Waals surface area contributed by atoms with Crippen LogP contribution in [-0.4, -0.2) is 57.6 Å². The fraction of sp³-hybridized carbons (Fsp3) is 1.00. The zero-order chi connectivity index (χ0) is 10.0. The van der Waals surface area contributed by atoms with E-state index in [0.717, 1.165) is 0 Å². The molecule has 0 saturated carbocycles. The predicted octanol–water partition coefficient (Wildman–Crippen LogP) is -1.76. The van der Waals surface area contributed by atoms with Crippen molar-refractivity contribution in [3.05, 3.63) is 0 Å². The molecule has 0 aromatic heterocycles. The Balaban J connectivity index is 2.66. The van der Waals surface area contributed by atoms with E-state index in [1.165, 1.54) is 0 Å². The molecule has 0 aromatic rings. The molecular formula is C8H16O5. The average molecular weight is 192 g/mol. The zero-order valence-corrected chi connectivity index (χ0v) is 7.50. The van der Waals surface area contributed by atoms with Gasteiger partial charge in [-0.2, -0.15) is 0 Å². The summed E-state index contributed by atoms with van der Waals surface area (Å²) in [4.78, 5) is 0. The first-order chi connectivity index (χ1) is 6.11. The van der Waals surface area contributed by atoms with Crippen LogP contribution < -0.4 is 0 Å². The molecule has 4 N–H and O–H groups in total. The van der Waals surface area contributed by atoms with Crippen molar-refractivity contribution in [2.24, 2.45) is 0 Å². The third kappa shape index (κ3) is 2.00. The van der Waals surface area contributed by atoms with E-state index < -0.39 is 30.5 Å². The van der Waals surface area contributed by atoms with Gasteiger partial charge in [0.05, 0.1) is 12.7 Å². The number of hydrogen-bond acceptors (Lipinski definition) is 5. The number of aliphatic hydroxyl groups excluding tert-OH is 4. The SMILES string of the molecule is CC[C@H]1O[C@H](CO)[C@@H](O)C(O)C1O. The molecule has 13 heavy (non-hydrogen) atoms. The molecule has 0 aliphatic carbocycles. The van der Waals surface area contributed by atoms with Crippen LogP contribution >= 0.6 is 0 Å². The summed E-state index contributed by atoms with van der Waals surface area (Å²) < 4.78 is 5.17. The van der Waals surface area contributed by atoms with Crippen molar-refractivity contribution in [1.29, 1.82) is 0 Å². The highest BCUT2D eigenvalue weighted by Gasteiger charge is 2.42. The van der Waals surface area contributed by atoms with Gasteiger partial charge >= 0.3 is 0 Å². The largest absolute Gasteiger partial charge is 0.394 e. The van der Waals surface area contributed by atoms with Crippen LogP contribution in [0, 0.1) is 0 Å². The highest BCUT2D eigenvalue weighted by molar-refractivity contribution is 4.91. The van der Waals surface area contributed by atoms with Gasteiger partial charge in [-0.05, 0) is 6.42 Å². The van der Waals surface area contributed by atoms with Crippen LogP contribution in [0.2, 0.25) is 0 Å². The lowest BCUT2D eigenvalue weighted by Gasteiger charge is -2.39. The maximum atomic E-state index is 9.40. The van der Waals surface area contributed by atoms with Gasteiger partial charge in [0, 0.05) is 0 Å². The van der Waals surface area contributed by atoms with Crippen molar-refractivity contribution in [2.45, 2.75) is 43.9 Å². The van der Waals surface area contributed by atoms with Crippen LogP contribution in [0.4, 0.5) is 0 Å². The van der Waals surface area contributed by atoms with Crippen LogP contribution in [-0.2, 0) is 4.74 Å². The van der Waals surface area contributed by atoms with Crippen molar-refractivity contribution < 1.29 is 25.2 Å². The highest BCUT2D eigenvalue weighted by Crippen LogP contribution is 2.22. The van der Waals surface area contributed by atoms with E-state index >= 15 is 0 Å². The summed E-state index contributed by atoms with van der Waals surface area (Å²) in [5.74, 6) is 0. The Morgan fingerprint density at radius 1 is 1.00 bits per heavy atom. The van der Waals surface area contributed by atoms with Crippen molar-refractivity contribution in [3.8, 4) is 0 Å². The van der Waals surface area contributed by atoms with Gasteiger partial charge in [-0.1, -0.05) is 6.92 Å². The molecule has 78 valence electrons. The smallest absolute Gasteiger partial charge is 0.111 e. The molecule has 0 spiro atoms. The van der Waals surface area contributed by atoms with Crippen LogP contribution in [0.5, 0.6) is 0 Å². The van der Waals surface area contributed by atoms with Gasteiger partial charge in [0.2, 0.25) is 0 Å². The number of hydrogen-bond donors (Lipinski definition) is 4. The second-order valence-corrected chi connectivity index (χ2v) is 3.28. The quantitative estimate of drug-likeness (QED) is 0.416. The molecule has 5 atom stereocenters. The third-order valence-electron chi connectivity index (χ3n) is 2.39. The van der Waals surface area contributed by atoms with E-state index in [9.17, 15) is 15.3 Å². The van der Waals surface area contributed by atoms with E-state index in [2.05, 4.69) is 0 Å². The zero-order valence-electron chi connectivity index (χ0n) is 7.50. The lowest BCUT2D eigenvalue weighted by molar-refractivity contribution is -0.229. The summed E-state index contributed by atoms with van der Waals surface area (Å²) in [6.45, 7) is 1.44. The second kappa shape index (κ2) is 4.34. The Hall–Kier alpha value is -0.200. The first-order valence-corrected chi connectivity index (χ1v) is 4.42. The summed E-state index contributed by atoms with van der Waals surface area (Å²) in [7, 11) is 0. The molecule has 5 nitrogen and oxygen atoms in total. The summed E-state index contributed by atoms with van der Waals surface area (Å²) in [5, 5.41) is 36.9. The summed E-state index contributed by atoms with van der Waals surface area (Å²) in [6, 6.07) is 0. The van der Waals surface area contributed by atoms with Gasteiger partial charge < -0.3 is 25.2 Å². The van der Waals surface area contributed by atoms with E-state index in [4.69, 9.17) is 9.84 Å². The van der Waals surface area contributed by atoms with Gasteiger partial charge in [-0.15, -0.1) is 0 Å². The molecular weight excluding hydrogens is 176 g/mol. The van der Waals surface area contributed by atoms with Gasteiger partial charge in [-0.25, -0.2) is 0 Å². The predicted molar refractivity (Wildman–Crippen MR) is 44.1 cm³/mol. The van der Waals surface area contributed by atoms with Gasteiger partial charge in [0.15, 0.2) is 0 Å². The molecule has 1 fully saturated rings. The Bertz CT molecular complexity index is 143. The first-order valence-electron chi connectivity index (χ1n) is 4.42. The van der Waals surface area contributed by atoms with E-state index in [-0.39, 0.29) is 6.61 Å². The molecule has 1 saturated heterocycles. The fourth-order valence-electron chi connectivity index (χ4n) is 1.52. The van der Waals surface area contributed by atoms with Crippen molar-refractivity contribution in [2.75, 3.05) is 6.61 Å². The average Bonchev–Trinajstić information content (AvgIpc) is 2.15. The number of ether oxygens (including phenoxy) is 1. The van der Waals surface area contributed by atoms with Gasteiger partial charge in [0.1, 0.15) is 24.4 Å². The number of rotatable bonds is 2. The monoisotopic (exact) mass is 192 g/mol. The third-order valence-corrected chi connectivity index (χ3v) is 2.39. The summed E-state index contributed by atoms with van der Waals surface area (Å²) in [5.41, 5.74) is 0. The van der Waals surface area contributed by atoms with Crippen LogP contribution in [0.15, 0.2) is 0 Å². The Kier molecular flexibility index (Phi) is 3.63. The number of aliphatic hydroxyl groups is 4. The first kappa shape index (κ1) is 10.9. The van der Waals surface area contributed by atoms with Gasteiger partial charge in [0.25, 0.3) is 0 Å².